The zero-order chi connectivity index (χ0) is 16.2. The standard InChI is InChI=1S/C16H30N4O2/c1-12(9-10-22-4)17-13-7-5-6-8-14(13)20-11-15(18-19-20)16(2,3)21/h11-14,17,21H,5-10H2,1-4H3/t12-,13+,14-/m1/s1. The first-order chi connectivity index (χ1) is 10.4. The van der Waals surface area contributed by atoms with Gasteiger partial charge in [-0.05, 0) is 40.0 Å². The van der Waals surface area contributed by atoms with Crippen molar-refractivity contribution in [3.63, 3.8) is 0 Å². The fourth-order valence-corrected chi connectivity index (χ4v) is 3.08. The van der Waals surface area contributed by atoms with Crippen molar-refractivity contribution >= 4 is 0 Å². The molecule has 22 heavy (non-hydrogen) atoms. The Morgan fingerprint density at radius 2 is 2.18 bits per heavy atom. The number of hydrogen-bond acceptors (Lipinski definition) is 5. The first-order valence-corrected chi connectivity index (χ1v) is 8.31. The number of methoxy groups -OCH3 is 1. The number of aliphatic hydroxyl groups is 1. The third-order valence-corrected chi connectivity index (χ3v) is 4.46. The smallest absolute Gasteiger partial charge is 0.114 e. The molecule has 0 amide bonds. The quantitative estimate of drug-likeness (QED) is 0.806. The van der Waals surface area contributed by atoms with E-state index >= 15 is 0 Å². The summed E-state index contributed by atoms with van der Waals surface area (Å²) in [5.74, 6) is 0. The number of aromatic nitrogens is 3. The topological polar surface area (TPSA) is 72.2 Å². The molecule has 0 spiro atoms. The van der Waals surface area contributed by atoms with Gasteiger partial charge in [-0.1, -0.05) is 18.1 Å². The van der Waals surface area contributed by atoms with Crippen molar-refractivity contribution in [3.05, 3.63) is 11.9 Å². The lowest BCUT2D eigenvalue weighted by atomic mass is 9.89. The van der Waals surface area contributed by atoms with Crippen LogP contribution < -0.4 is 5.32 Å². The van der Waals surface area contributed by atoms with Crippen molar-refractivity contribution in [2.24, 2.45) is 0 Å². The van der Waals surface area contributed by atoms with Crippen LogP contribution >= 0.6 is 0 Å². The van der Waals surface area contributed by atoms with Gasteiger partial charge >= 0.3 is 0 Å². The lowest BCUT2D eigenvalue weighted by molar-refractivity contribution is 0.0736. The molecule has 0 aromatic carbocycles. The number of ether oxygens (including phenoxy) is 1. The van der Waals surface area contributed by atoms with E-state index in [1.165, 1.54) is 12.8 Å². The van der Waals surface area contributed by atoms with Gasteiger partial charge in [0.25, 0.3) is 0 Å². The van der Waals surface area contributed by atoms with Crippen LogP contribution in [0.3, 0.4) is 0 Å². The van der Waals surface area contributed by atoms with E-state index in [1.54, 1.807) is 21.0 Å². The number of nitrogens with zero attached hydrogens (tertiary/aromatic N) is 3. The van der Waals surface area contributed by atoms with Crippen LogP contribution in [0.1, 0.15) is 64.6 Å². The maximum atomic E-state index is 10.1. The van der Waals surface area contributed by atoms with E-state index in [2.05, 4.69) is 22.6 Å². The van der Waals surface area contributed by atoms with E-state index in [9.17, 15) is 5.11 Å². The summed E-state index contributed by atoms with van der Waals surface area (Å²) in [5.41, 5.74) is -0.314. The average molecular weight is 310 g/mol. The van der Waals surface area contributed by atoms with Crippen LogP contribution in [0.4, 0.5) is 0 Å². The molecule has 1 aliphatic carbocycles. The third-order valence-electron chi connectivity index (χ3n) is 4.46. The van der Waals surface area contributed by atoms with Gasteiger partial charge in [0.2, 0.25) is 0 Å². The highest BCUT2D eigenvalue weighted by atomic mass is 16.5. The van der Waals surface area contributed by atoms with Crippen LogP contribution in [-0.4, -0.2) is 45.9 Å². The summed E-state index contributed by atoms with van der Waals surface area (Å²) in [4.78, 5) is 0. The van der Waals surface area contributed by atoms with Crippen LogP contribution in [0.15, 0.2) is 6.20 Å². The van der Waals surface area contributed by atoms with Crippen molar-refractivity contribution < 1.29 is 9.84 Å². The van der Waals surface area contributed by atoms with E-state index < -0.39 is 5.60 Å². The molecule has 0 radical (unpaired) electrons. The number of nitrogens with one attached hydrogen (secondary N) is 1. The van der Waals surface area contributed by atoms with E-state index in [-0.39, 0.29) is 0 Å². The zero-order valence-electron chi connectivity index (χ0n) is 14.2. The molecule has 0 aliphatic heterocycles. The Labute approximate surface area is 133 Å². The second kappa shape index (κ2) is 7.53. The summed E-state index contributed by atoms with van der Waals surface area (Å²) >= 11 is 0. The Bertz CT molecular complexity index is 455. The lowest BCUT2D eigenvalue weighted by Gasteiger charge is -2.34. The minimum Gasteiger partial charge on any atom is -0.385 e. The van der Waals surface area contributed by atoms with E-state index in [4.69, 9.17) is 4.74 Å². The Kier molecular flexibility index (Phi) is 5.94. The Morgan fingerprint density at radius 3 is 2.82 bits per heavy atom. The maximum absolute atomic E-state index is 10.1. The van der Waals surface area contributed by atoms with Crippen LogP contribution in [0.25, 0.3) is 0 Å². The minimum absolute atomic E-state index is 0.308. The SMILES string of the molecule is COCC[C@@H](C)N[C@H]1CCCC[C@H]1n1cc(C(C)(C)O)nn1. The molecule has 6 heteroatoms. The minimum atomic E-state index is -0.943. The van der Waals surface area contributed by atoms with Crippen molar-refractivity contribution in [2.45, 2.75) is 76.6 Å². The molecule has 6 nitrogen and oxygen atoms in total. The molecular weight excluding hydrogens is 280 g/mol. The Morgan fingerprint density at radius 1 is 1.45 bits per heavy atom. The highest BCUT2D eigenvalue weighted by molar-refractivity contribution is 5.04. The van der Waals surface area contributed by atoms with Crippen LogP contribution in [-0.2, 0) is 10.3 Å². The molecular formula is C16H30N4O2. The van der Waals surface area contributed by atoms with Crippen LogP contribution in [0.2, 0.25) is 0 Å². The summed E-state index contributed by atoms with van der Waals surface area (Å²) in [6.07, 6.45) is 7.62. The van der Waals surface area contributed by atoms with Gasteiger partial charge in [0.15, 0.2) is 0 Å². The molecule has 2 rings (SSSR count). The Balaban J connectivity index is 2.04. The van der Waals surface area contributed by atoms with Gasteiger partial charge in [-0.25, -0.2) is 4.68 Å². The van der Waals surface area contributed by atoms with Crippen LogP contribution in [0, 0.1) is 0 Å². The average Bonchev–Trinajstić information content (AvgIpc) is 2.95. The molecule has 3 atom stereocenters. The largest absolute Gasteiger partial charge is 0.385 e. The van der Waals surface area contributed by atoms with E-state index in [1.807, 2.05) is 10.9 Å². The first kappa shape index (κ1) is 17.4. The van der Waals surface area contributed by atoms with Crippen molar-refractivity contribution in [2.75, 3.05) is 13.7 Å². The van der Waals surface area contributed by atoms with Gasteiger partial charge in [0, 0.05) is 25.8 Å². The second-order valence-corrected chi connectivity index (χ2v) is 6.95. The fraction of sp³-hybridized carbons (Fsp3) is 0.875. The molecule has 126 valence electrons. The van der Waals surface area contributed by atoms with Crippen molar-refractivity contribution in [1.29, 1.82) is 0 Å². The maximum Gasteiger partial charge on any atom is 0.114 e. The molecule has 1 saturated carbocycles. The molecule has 1 fully saturated rings. The molecule has 1 heterocycles. The van der Waals surface area contributed by atoms with Gasteiger partial charge in [0.05, 0.1) is 12.2 Å². The normalized spacial score (nSPS) is 24.4. The number of rotatable bonds is 7. The van der Waals surface area contributed by atoms with Gasteiger partial charge in [0.1, 0.15) is 11.3 Å². The summed E-state index contributed by atoms with van der Waals surface area (Å²) in [6.45, 7) is 6.46. The van der Waals surface area contributed by atoms with Gasteiger partial charge in [-0.3, -0.25) is 0 Å². The molecule has 0 unspecified atom stereocenters. The molecule has 1 aliphatic rings. The molecule has 0 bridgehead atoms. The first-order valence-electron chi connectivity index (χ1n) is 8.31. The summed E-state index contributed by atoms with van der Waals surface area (Å²) < 4.78 is 7.10. The molecule has 2 N–H and O–H groups in total. The van der Waals surface area contributed by atoms with Crippen molar-refractivity contribution in [3.8, 4) is 0 Å². The summed E-state index contributed by atoms with van der Waals surface area (Å²) in [7, 11) is 1.74. The summed E-state index contributed by atoms with van der Waals surface area (Å²) in [6, 6.07) is 1.13. The van der Waals surface area contributed by atoms with Gasteiger partial charge in [-0.15, -0.1) is 5.10 Å². The zero-order valence-corrected chi connectivity index (χ0v) is 14.2. The van der Waals surface area contributed by atoms with Crippen molar-refractivity contribution in [1.82, 2.24) is 20.3 Å². The van der Waals surface area contributed by atoms with E-state index in [0.29, 0.717) is 23.8 Å². The lowest BCUT2D eigenvalue weighted by Crippen LogP contribution is -2.44. The highest BCUT2D eigenvalue weighted by Gasteiger charge is 2.30. The predicted molar refractivity (Wildman–Crippen MR) is 85.7 cm³/mol. The fourth-order valence-electron chi connectivity index (χ4n) is 3.08. The number of hydrogen-bond donors (Lipinski definition) is 2. The van der Waals surface area contributed by atoms with E-state index in [0.717, 1.165) is 25.9 Å². The third kappa shape index (κ3) is 4.51. The molecule has 1 aromatic heterocycles. The van der Waals surface area contributed by atoms with Gasteiger partial charge in [-0.2, -0.15) is 0 Å². The van der Waals surface area contributed by atoms with Gasteiger partial charge < -0.3 is 15.2 Å². The molecule has 1 aromatic rings. The summed E-state index contributed by atoms with van der Waals surface area (Å²) in [5, 5.41) is 22.2. The van der Waals surface area contributed by atoms with Crippen LogP contribution in [0.5, 0.6) is 0 Å². The Hall–Kier alpha value is -0.980. The monoisotopic (exact) mass is 310 g/mol. The highest BCUT2D eigenvalue weighted by Crippen LogP contribution is 2.29. The predicted octanol–water partition coefficient (Wildman–Crippen LogP) is 2.00. The second-order valence-electron chi connectivity index (χ2n) is 6.95. The molecule has 0 saturated heterocycles.